The SMILES string of the molecule is CCNCc1cc(C)nc(N2CCCOCC2)c1. The molecule has 1 fully saturated rings. The molecule has 0 spiro atoms. The van der Waals surface area contributed by atoms with Gasteiger partial charge in [-0.05, 0) is 37.6 Å². The van der Waals surface area contributed by atoms with Crippen LogP contribution in [-0.4, -0.2) is 37.8 Å². The molecule has 0 radical (unpaired) electrons. The third-order valence-corrected chi connectivity index (χ3v) is 3.13. The highest BCUT2D eigenvalue weighted by Crippen LogP contribution is 2.16. The lowest BCUT2D eigenvalue weighted by atomic mass is 10.2. The zero-order valence-electron chi connectivity index (χ0n) is 11.4. The summed E-state index contributed by atoms with van der Waals surface area (Å²) in [5.41, 5.74) is 2.40. The van der Waals surface area contributed by atoms with E-state index >= 15 is 0 Å². The molecule has 1 aliphatic rings. The standard InChI is InChI=1S/C14H23N3O/c1-3-15-11-13-9-12(2)16-14(10-13)17-5-4-7-18-8-6-17/h9-10,15H,3-8,11H2,1-2H3. The Kier molecular flexibility index (Phi) is 4.96. The van der Waals surface area contributed by atoms with E-state index < -0.39 is 0 Å². The second-order valence-electron chi connectivity index (χ2n) is 4.71. The lowest BCUT2D eigenvalue weighted by Gasteiger charge is -2.22. The molecule has 1 N–H and O–H groups in total. The van der Waals surface area contributed by atoms with Crippen molar-refractivity contribution in [2.24, 2.45) is 0 Å². The maximum Gasteiger partial charge on any atom is 0.129 e. The Morgan fingerprint density at radius 2 is 2.22 bits per heavy atom. The second kappa shape index (κ2) is 6.71. The first-order valence-corrected chi connectivity index (χ1v) is 6.80. The zero-order chi connectivity index (χ0) is 12.8. The molecule has 4 heteroatoms. The Morgan fingerprint density at radius 1 is 1.33 bits per heavy atom. The predicted octanol–water partition coefficient (Wildman–Crippen LogP) is 1.73. The first-order chi connectivity index (χ1) is 8.79. The molecule has 4 nitrogen and oxygen atoms in total. The molecule has 0 aliphatic carbocycles. The fourth-order valence-electron chi connectivity index (χ4n) is 2.23. The Hall–Kier alpha value is -1.13. The number of nitrogens with one attached hydrogen (secondary N) is 1. The van der Waals surface area contributed by atoms with Gasteiger partial charge in [-0.2, -0.15) is 0 Å². The summed E-state index contributed by atoms with van der Waals surface area (Å²) in [5.74, 6) is 1.09. The monoisotopic (exact) mass is 249 g/mol. The molecular weight excluding hydrogens is 226 g/mol. The summed E-state index contributed by atoms with van der Waals surface area (Å²) >= 11 is 0. The van der Waals surface area contributed by atoms with Gasteiger partial charge in [0.1, 0.15) is 5.82 Å². The molecule has 0 amide bonds. The summed E-state index contributed by atoms with van der Waals surface area (Å²) in [7, 11) is 0. The van der Waals surface area contributed by atoms with Crippen LogP contribution in [0, 0.1) is 6.92 Å². The van der Waals surface area contributed by atoms with E-state index in [-0.39, 0.29) is 0 Å². The van der Waals surface area contributed by atoms with Gasteiger partial charge in [-0.3, -0.25) is 0 Å². The van der Waals surface area contributed by atoms with Crippen LogP contribution in [0.1, 0.15) is 24.6 Å². The zero-order valence-corrected chi connectivity index (χ0v) is 11.4. The Balaban J connectivity index is 2.12. The number of nitrogens with zero attached hydrogens (tertiary/aromatic N) is 2. The Morgan fingerprint density at radius 3 is 3.06 bits per heavy atom. The largest absolute Gasteiger partial charge is 0.380 e. The number of rotatable bonds is 4. The number of hydrogen-bond acceptors (Lipinski definition) is 4. The van der Waals surface area contributed by atoms with Crippen LogP contribution in [0.5, 0.6) is 0 Å². The normalized spacial score (nSPS) is 16.7. The molecule has 1 aromatic heterocycles. The average Bonchev–Trinajstić information content (AvgIpc) is 2.64. The maximum absolute atomic E-state index is 5.49. The van der Waals surface area contributed by atoms with E-state index in [4.69, 9.17) is 4.74 Å². The molecule has 0 aromatic carbocycles. The third kappa shape index (κ3) is 3.68. The summed E-state index contributed by atoms with van der Waals surface area (Å²) in [6.07, 6.45) is 1.08. The lowest BCUT2D eigenvalue weighted by Crippen LogP contribution is -2.27. The van der Waals surface area contributed by atoms with Crippen molar-refractivity contribution in [2.45, 2.75) is 26.8 Å². The van der Waals surface area contributed by atoms with Crippen LogP contribution in [-0.2, 0) is 11.3 Å². The quantitative estimate of drug-likeness (QED) is 0.882. The minimum absolute atomic E-state index is 0.804. The summed E-state index contributed by atoms with van der Waals surface area (Å²) < 4.78 is 5.49. The minimum atomic E-state index is 0.804. The molecule has 1 saturated heterocycles. The van der Waals surface area contributed by atoms with E-state index in [1.165, 1.54) is 5.56 Å². The van der Waals surface area contributed by atoms with Crippen molar-refractivity contribution in [1.82, 2.24) is 10.3 Å². The van der Waals surface area contributed by atoms with Crippen molar-refractivity contribution in [3.63, 3.8) is 0 Å². The van der Waals surface area contributed by atoms with E-state index in [1.54, 1.807) is 0 Å². The van der Waals surface area contributed by atoms with Gasteiger partial charge in [-0.15, -0.1) is 0 Å². The van der Waals surface area contributed by atoms with Crippen molar-refractivity contribution < 1.29 is 4.74 Å². The average molecular weight is 249 g/mol. The van der Waals surface area contributed by atoms with E-state index in [0.717, 1.165) is 57.3 Å². The summed E-state index contributed by atoms with van der Waals surface area (Å²) in [6.45, 7) is 9.75. The third-order valence-electron chi connectivity index (χ3n) is 3.13. The smallest absolute Gasteiger partial charge is 0.129 e. The number of anilines is 1. The number of ether oxygens (including phenoxy) is 1. The van der Waals surface area contributed by atoms with Crippen LogP contribution in [0.2, 0.25) is 0 Å². The summed E-state index contributed by atoms with van der Waals surface area (Å²) in [6, 6.07) is 4.35. The molecule has 1 aromatic rings. The van der Waals surface area contributed by atoms with Crippen molar-refractivity contribution in [2.75, 3.05) is 37.7 Å². The van der Waals surface area contributed by atoms with Crippen molar-refractivity contribution in [3.05, 3.63) is 23.4 Å². The Labute approximate surface area is 109 Å². The molecule has 18 heavy (non-hydrogen) atoms. The van der Waals surface area contributed by atoms with Gasteiger partial charge in [0.15, 0.2) is 0 Å². The van der Waals surface area contributed by atoms with Crippen molar-refractivity contribution in [1.29, 1.82) is 0 Å². The van der Waals surface area contributed by atoms with Gasteiger partial charge >= 0.3 is 0 Å². The van der Waals surface area contributed by atoms with E-state index in [0.29, 0.717) is 0 Å². The minimum Gasteiger partial charge on any atom is -0.380 e. The van der Waals surface area contributed by atoms with Crippen LogP contribution in [0.4, 0.5) is 5.82 Å². The van der Waals surface area contributed by atoms with Crippen LogP contribution in [0.15, 0.2) is 12.1 Å². The second-order valence-corrected chi connectivity index (χ2v) is 4.71. The molecule has 2 heterocycles. The number of hydrogen-bond donors (Lipinski definition) is 1. The van der Waals surface area contributed by atoms with E-state index in [1.807, 2.05) is 0 Å². The first kappa shape index (κ1) is 13.3. The van der Waals surface area contributed by atoms with Gasteiger partial charge in [0, 0.05) is 31.9 Å². The summed E-state index contributed by atoms with van der Waals surface area (Å²) in [4.78, 5) is 6.98. The highest BCUT2D eigenvalue weighted by atomic mass is 16.5. The number of aryl methyl sites for hydroxylation is 1. The highest BCUT2D eigenvalue weighted by Gasteiger charge is 2.12. The van der Waals surface area contributed by atoms with Gasteiger partial charge in [0.25, 0.3) is 0 Å². The van der Waals surface area contributed by atoms with Crippen molar-refractivity contribution >= 4 is 5.82 Å². The molecule has 2 rings (SSSR count). The molecule has 0 unspecified atom stereocenters. The van der Waals surface area contributed by atoms with Crippen LogP contribution < -0.4 is 10.2 Å². The predicted molar refractivity (Wildman–Crippen MR) is 74.0 cm³/mol. The lowest BCUT2D eigenvalue weighted by molar-refractivity contribution is 0.152. The molecule has 1 aliphatic heterocycles. The van der Waals surface area contributed by atoms with E-state index in [2.05, 4.69) is 41.2 Å². The molecule has 0 saturated carbocycles. The first-order valence-electron chi connectivity index (χ1n) is 6.80. The fourth-order valence-corrected chi connectivity index (χ4v) is 2.23. The number of aromatic nitrogens is 1. The fraction of sp³-hybridized carbons (Fsp3) is 0.643. The Bertz CT molecular complexity index is 373. The van der Waals surface area contributed by atoms with E-state index in [9.17, 15) is 0 Å². The van der Waals surface area contributed by atoms with Gasteiger partial charge in [-0.1, -0.05) is 6.92 Å². The molecule has 100 valence electrons. The van der Waals surface area contributed by atoms with Gasteiger partial charge < -0.3 is 15.0 Å². The van der Waals surface area contributed by atoms with Crippen molar-refractivity contribution in [3.8, 4) is 0 Å². The maximum atomic E-state index is 5.49. The van der Waals surface area contributed by atoms with Gasteiger partial charge in [0.2, 0.25) is 0 Å². The molecule has 0 atom stereocenters. The van der Waals surface area contributed by atoms with Gasteiger partial charge in [-0.25, -0.2) is 4.98 Å². The topological polar surface area (TPSA) is 37.4 Å². The molecule has 0 bridgehead atoms. The number of pyridine rings is 1. The highest BCUT2D eigenvalue weighted by molar-refractivity contribution is 5.42. The van der Waals surface area contributed by atoms with Crippen LogP contribution >= 0.6 is 0 Å². The van der Waals surface area contributed by atoms with Crippen LogP contribution in [0.25, 0.3) is 0 Å². The summed E-state index contributed by atoms with van der Waals surface area (Å²) in [5, 5.41) is 3.36. The van der Waals surface area contributed by atoms with Crippen LogP contribution in [0.3, 0.4) is 0 Å². The van der Waals surface area contributed by atoms with Gasteiger partial charge in [0.05, 0.1) is 6.61 Å². The molecular formula is C14H23N3O.